The monoisotopic (exact) mass is 355 g/mol. The Hall–Kier alpha value is -2.36. The van der Waals surface area contributed by atoms with Gasteiger partial charge in [-0.1, -0.05) is 29.8 Å². The molecule has 0 saturated heterocycles. The molecular formula is C19H15Cl2N3. The van der Waals surface area contributed by atoms with Gasteiger partial charge in [0.15, 0.2) is 0 Å². The molecule has 0 aliphatic rings. The van der Waals surface area contributed by atoms with Gasteiger partial charge < -0.3 is 5.32 Å². The Bertz CT molecular complexity index is 907. The van der Waals surface area contributed by atoms with Crippen molar-refractivity contribution in [1.82, 2.24) is 9.97 Å². The number of benzene rings is 1. The number of hydrogen-bond donors (Lipinski definition) is 1. The number of halogens is 2. The highest BCUT2D eigenvalue weighted by atomic mass is 35.5. The summed E-state index contributed by atoms with van der Waals surface area (Å²) in [6.07, 6.45) is 5.03. The van der Waals surface area contributed by atoms with Crippen molar-refractivity contribution in [3.63, 3.8) is 0 Å². The first-order chi connectivity index (χ1) is 11.6. The highest BCUT2D eigenvalue weighted by molar-refractivity contribution is 6.33. The van der Waals surface area contributed by atoms with E-state index in [-0.39, 0.29) is 0 Å². The molecule has 1 aromatic carbocycles. The van der Waals surface area contributed by atoms with Crippen molar-refractivity contribution in [3.05, 3.63) is 82.7 Å². The van der Waals surface area contributed by atoms with Gasteiger partial charge in [-0.25, -0.2) is 0 Å². The summed E-state index contributed by atoms with van der Waals surface area (Å²) in [7, 11) is 0. The number of rotatable bonds is 4. The van der Waals surface area contributed by atoms with Gasteiger partial charge >= 0.3 is 0 Å². The van der Waals surface area contributed by atoms with Crippen LogP contribution in [-0.2, 0) is 0 Å². The van der Waals surface area contributed by atoms with Crippen molar-refractivity contribution in [2.45, 2.75) is 6.92 Å². The first-order valence-electron chi connectivity index (χ1n) is 7.33. The molecular weight excluding hydrogens is 341 g/mol. The van der Waals surface area contributed by atoms with Crippen LogP contribution < -0.4 is 5.32 Å². The quantitative estimate of drug-likeness (QED) is 0.638. The molecule has 120 valence electrons. The molecule has 2 aromatic heterocycles. The van der Waals surface area contributed by atoms with E-state index in [1.54, 1.807) is 18.6 Å². The molecule has 3 nitrogen and oxygen atoms in total. The fourth-order valence-corrected chi connectivity index (χ4v) is 2.86. The fourth-order valence-electron chi connectivity index (χ4n) is 2.43. The molecule has 0 bridgehead atoms. The summed E-state index contributed by atoms with van der Waals surface area (Å²) >= 11 is 12.3. The highest BCUT2D eigenvalue weighted by Crippen LogP contribution is 2.32. The third-order valence-electron chi connectivity index (χ3n) is 3.63. The van der Waals surface area contributed by atoms with Gasteiger partial charge in [0.1, 0.15) is 0 Å². The molecule has 3 aromatic rings. The van der Waals surface area contributed by atoms with Crippen LogP contribution in [0.3, 0.4) is 0 Å². The van der Waals surface area contributed by atoms with Crippen LogP contribution in [0, 0.1) is 6.92 Å². The summed E-state index contributed by atoms with van der Waals surface area (Å²) in [5.74, 6) is 0. The van der Waals surface area contributed by atoms with E-state index in [4.69, 9.17) is 23.2 Å². The molecule has 0 saturated carbocycles. The molecule has 0 aliphatic heterocycles. The summed E-state index contributed by atoms with van der Waals surface area (Å²) in [6, 6.07) is 11.3. The largest absolute Gasteiger partial charge is 0.355 e. The zero-order valence-corrected chi connectivity index (χ0v) is 14.6. The van der Waals surface area contributed by atoms with Crippen molar-refractivity contribution >= 4 is 34.6 Å². The lowest BCUT2D eigenvalue weighted by Gasteiger charge is -2.15. The van der Waals surface area contributed by atoms with Crippen LogP contribution in [0.15, 0.2) is 61.6 Å². The number of aromatic nitrogens is 2. The summed E-state index contributed by atoms with van der Waals surface area (Å²) in [5.41, 5.74) is 5.17. The third kappa shape index (κ3) is 3.42. The van der Waals surface area contributed by atoms with Crippen molar-refractivity contribution in [1.29, 1.82) is 0 Å². The molecule has 0 radical (unpaired) electrons. The zero-order valence-electron chi connectivity index (χ0n) is 13.1. The smallest absolute Gasteiger partial charge is 0.0811 e. The predicted octanol–water partition coefficient (Wildman–Crippen LogP) is 5.84. The molecule has 0 amide bonds. The van der Waals surface area contributed by atoms with Crippen molar-refractivity contribution in [3.8, 4) is 11.3 Å². The van der Waals surface area contributed by atoms with Crippen LogP contribution in [-0.4, -0.2) is 9.97 Å². The van der Waals surface area contributed by atoms with Gasteiger partial charge in [-0.05, 0) is 48.9 Å². The molecule has 1 N–H and O–H groups in total. The Morgan fingerprint density at radius 3 is 2.71 bits per heavy atom. The van der Waals surface area contributed by atoms with E-state index in [2.05, 4.69) is 21.9 Å². The van der Waals surface area contributed by atoms with Crippen LogP contribution >= 0.6 is 23.2 Å². The Kier molecular flexibility index (Phi) is 4.84. The minimum absolute atomic E-state index is 0.549. The Morgan fingerprint density at radius 1 is 1.12 bits per heavy atom. The van der Waals surface area contributed by atoms with Gasteiger partial charge in [-0.15, -0.1) is 0 Å². The number of anilines is 1. The van der Waals surface area contributed by atoms with Crippen molar-refractivity contribution < 1.29 is 0 Å². The second kappa shape index (κ2) is 7.04. The van der Waals surface area contributed by atoms with E-state index in [1.165, 1.54) is 0 Å². The van der Waals surface area contributed by atoms with Crippen molar-refractivity contribution in [2.75, 3.05) is 5.32 Å². The third-order valence-corrected chi connectivity index (χ3v) is 4.17. The second-order valence-corrected chi connectivity index (χ2v) is 6.16. The first kappa shape index (κ1) is 16.5. The Morgan fingerprint density at radius 2 is 1.96 bits per heavy atom. The Labute approximate surface area is 151 Å². The fraction of sp³-hybridized carbons (Fsp3) is 0.0526. The predicted molar refractivity (Wildman–Crippen MR) is 101 cm³/mol. The average molecular weight is 356 g/mol. The van der Waals surface area contributed by atoms with E-state index in [1.807, 2.05) is 43.3 Å². The zero-order chi connectivity index (χ0) is 17.1. The normalized spacial score (nSPS) is 10.5. The standard InChI is InChI=1S/C19H15Cl2N3/c1-12-10-14(20)5-6-18(12)24-13(2)15-4-3-8-23-19(15)16-7-9-22-11-17(16)21/h3-11,24H,2H2,1H3. The van der Waals surface area contributed by atoms with E-state index >= 15 is 0 Å². The number of aryl methyl sites for hydroxylation is 1. The van der Waals surface area contributed by atoms with Gasteiger partial charge in [0, 0.05) is 46.1 Å². The highest BCUT2D eigenvalue weighted by Gasteiger charge is 2.13. The molecule has 0 aliphatic carbocycles. The summed E-state index contributed by atoms with van der Waals surface area (Å²) < 4.78 is 0. The summed E-state index contributed by atoms with van der Waals surface area (Å²) in [4.78, 5) is 8.50. The maximum atomic E-state index is 6.27. The summed E-state index contributed by atoms with van der Waals surface area (Å²) in [5, 5.41) is 4.58. The van der Waals surface area contributed by atoms with Gasteiger partial charge in [0.2, 0.25) is 0 Å². The second-order valence-electron chi connectivity index (χ2n) is 5.32. The molecule has 3 rings (SSSR count). The van der Waals surface area contributed by atoms with E-state index in [0.717, 1.165) is 33.8 Å². The average Bonchev–Trinajstić information content (AvgIpc) is 2.58. The van der Waals surface area contributed by atoms with Gasteiger partial charge in [0.05, 0.1) is 10.7 Å². The number of nitrogens with zero attached hydrogens (tertiary/aromatic N) is 2. The first-order valence-corrected chi connectivity index (χ1v) is 8.09. The maximum Gasteiger partial charge on any atom is 0.0811 e. The SMILES string of the molecule is C=C(Nc1ccc(Cl)cc1C)c1cccnc1-c1ccncc1Cl. The van der Waals surface area contributed by atoms with Gasteiger partial charge in [-0.2, -0.15) is 0 Å². The lowest BCUT2D eigenvalue weighted by molar-refractivity contribution is 1.27. The van der Waals surface area contributed by atoms with Crippen LogP contribution in [0.1, 0.15) is 11.1 Å². The lowest BCUT2D eigenvalue weighted by Crippen LogP contribution is -2.02. The van der Waals surface area contributed by atoms with Crippen LogP contribution in [0.5, 0.6) is 0 Å². The van der Waals surface area contributed by atoms with Crippen LogP contribution in [0.4, 0.5) is 5.69 Å². The number of pyridine rings is 2. The molecule has 0 spiro atoms. The molecule has 24 heavy (non-hydrogen) atoms. The number of nitrogens with one attached hydrogen (secondary N) is 1. The number of hydrogen-bond acceptors (Lipinski definition) is 3. The topological polar surface area (TPSA) is 37.8 Å². The summed E-state index contributed by atoms with van der Waals surface area (Å²) in [6.45, 7) is 6.15. The van der Waals surface area contributed by atoms with E-state index in [9.17, 15) is 0 Å². The Balaban J connectivity index is 1.98. The molecule has 0 fully saturated rings. The molecule has 0 unspecified atom stereocenters. The van der Waals surface area contributed by atoms with Crippen LogP contribution in [0.25, 0.3) is 17.0 Å². The minimum Gasteiger partial charge on any atom is -0.355 e. The van der Waals surface area contributed by atoms with Gasteiger partial charge in [0.25, 0.3) is 0 Å². The van der Waals surface area contributed by atoms with E-state index < -0.39 is 0 Å². The minimum atomic E-state index is 0.549. The van der Waals surface area contributed by atoms with E-state index in [0.29, 0.717) is 10.0 Å². The maximum absolute atomic E-state index is 6.27. The molecule has 0 atom stereocenters. The van der Waals surface area contributed by atoms with Crippen LogP contribution in [0.2, 0.25) is 10.0 Å². The van der Waals surface area contributed by atoms with Gasteiger partial charge in [-0.3, -0.25) is 9.97 Å². The lowest BCUT2D eigenvalue weighted by atomic mass is 10.0. The molecule has 5 heteroatoms. The molecule has 2 heterocycles. The van der Waals surface area contributed by atoms with Crippen molar-refractivity contribution in [2.24, 2.45) is 0 Å².